The number of amides is 1. The van der Waals surface area contributed by atoms with E-state index in [1.807, 2.05) is 91.0 Å². The Morgan fingerprint density at radius 3 is 2.30 bits per heavy atom. The van der Waals surface area contributed by atoms with Gasteiger partial charge in [0.25, 0.3) is 5.91 Å². The van der Waals surface area contributed by atoms with Gasteiger partial charge in [0.05, 0.1) is 18.0 Å². The lowest BCUT2D eigenvalue weighted by molar-refractivity contribution is -0.122. The summed E-state index contributed by atoms with van der Waals surface area (Å²) in [6, 6.07) is 33.9. The Labute approximate surface area is 220 Å². The van der Waals surface area contributed by atoms with Gasteiger partial charge < -0.3 is 4.74 Å². The summed E-state index contributed by atoms with van der Waals surface area (Å²) in [5.74, 6) is 0.222. The smallest absolute Gasteiger partial charge is 0.267 e. The van der Waals surface area contributed by atoms with E-state index in [0.29, 0.717) is 34.5 Å². The largest absolute Gasteiger partial charge is 0.489 e. The van der Waals surface area contributed by atoms with Crippen LogP contribution in [0.15, 0.2) is 119 Å². The van der Waals surface area contributed by atoms with Crippen molar-refractivity contribution < 1.29 is 13.9 Å². The van der Waals surface area contributed by atoms with Crippen LogP contribution in [0.3, 0.4) is 0 Å². The van der Waals surface area contributed by atoms with Gasteiger partial charge in [-0.05, 0) is 52.7 Å². The molecule has 0 unspecified atom stereocenters. The first-order valence-electron chi connectivity index (χ1n) is 12.0. The number of thioether (sulfide) groups is 1. The Kier molecular flexibility index (Phi) is 7.77. The van der Waals surface area contributed by atoms with Gasteiger partial charge in [-0.25, -0.2) is 4.39 Å². The topological polar surface area (TPSA) is 41.9 Å². The van der Waals surface area contributed by atoms with E-state index in [0.717, 1.165) is 16.7 Å². The van der Waals surface area contributed by atoms with Crippen LogP contribution in [0.5, 0.6) is 5.75 Å². The van der Waals surface area contributed by atoms with Gasteiger partial charge in [-0.2, -0.15) is 0 Å². The molecule has 1 amide bonds. The zero-order chi connectivity index (χ0) is 25.5. The van der Waals surface area contributed by atoms with E-state index in [-0.39, 0.29) is 18.3 Å². The molecule has 0 spiro atoms. The first kappa shape index (κ1) is 24.5. The van der Waals surface area contributed by atoms with Crippen molar-refractivity contribution in [2.24, 2.45) is 4.99 Å². The van der Waals surface area contributed by atoms with Gasteiger partial charge in [0, 0.05) is 5.56 Å². The first-order valence-corrected chi connectivity index (χ1v) is 12.8. The number of nitrogens with zero attached hydrogens (tertiary/aromatic N) is 2. The van der Waals surface area contributed by atoms with E-state index >= 15 is 0 Å². The molecule has 0 saturated carbocycles. The van der Waals surface area contributed by atoms with Crippen molar-refractivity contribution in [2.45, 2.75) is 19.7 Å². The number of halogens is 1. The average molecular weight is 509 g/mol. The number of carbonyl (C=O) groups excluding carboxylic acids is 1. The number of carbonyl (C=O) groups is 1. The molecule has 4 nitrogen and oxygen atoms in total. The molecule has 0 aliphatic carbocycles. The molecule has 1 saturated heterocycles. The molecule has 1 heterocycles. The monoisotopic (exact) mass is 508 g/mol. The second-order valence-corrected chi connectivity index (χ2v) is 9.53. The van der Waals surface area contributed by atoms with Gasteiger partial charge in [0.2, 0.25) is 0 Å². The fourth-order valence-electron chi connectivity index (χ4n) is 3.90. The van der Waals surface area contributed by atoms with Crippen LogP contribution in [-0.4, -0.2) is 16.0 Å². The van der Waals surface area contributed by atoms with Gasteiger partial charge in [-0.15, -0.1) is 0 Å². The lowest BCUT2D eigenvalue weighted by Crippen LogP contribution is -2.28. The first-order chi connectivity index (χ1) is 18.2. The van der Waals surface area contributed by atoms with Crippen molar-refractivity contribution in [1.29, 1.82) is 0 Å². The highest BCUT2D eigenvalue weighted by Crippen LogP contribution is 2.34. The Balaban J connectivity index is 1.36. The number of hydrogen-bond acceptors (Lipinski definition) is 4. The second kappa shape index (κ2) is 11.7. The summed E-state index contributed by atoms with van der Waals surface area (Å²) < 4.78 is 19.8. The number of rotatable bonds is 8. The molecule has 4 aromatic carbocycles. The lowest BCUT2D eigenvalue weighted by atomic mass is 10.2. The SMILES string of the molecule is O=C1/C(=C/c2cccc(OCc3ccccc3F)c2)SC(=NCc2ccccc2)N1Cc1ccccc1. The summed E-state index contributed by atoms with van der Waals surface area (Å²) in [6.07, 6.45) is 1.85. The van der Waals surface area contributed by atoms with Gasteiger partial charge in [-0.3, -0.25) is 14.7 Å². The summed E-state index contributed by atoms with van der Waals surface area (Å²) in [5.41, 5.74) is 3.43. The van der Waals surface area contributed by atoms with Gasteiger partial charge in [-0.1, -0.05) is 91.0 Å². The van der Waals surface area contributed by atoms with E-state index in [1.54, 1.807) is 23.1 Å². The molecule has 4 aromatic rings. The van der Waals surface area contributed by atoms with Gasteiger partial charge >= 0.3 is 0 Å². The molecule has 1 fully saturated rings. The van der Waals surface area contributed by atoms with Crippen LogP contribution >= 0.6 is 11.8 Å². The van der Waals surface area contributed by atoms with Crippen molar-refractivity contribution >= 4 is 28.9 Å². The van der Waals surface area contributed by atoms with E-state index in [4.69, 9.17) is 9.73 Å². The molecule has 0 atom stereocenters. The van der Waals surface area contributed by atoms with Gasteiger partial charge in [0.15, 0.2) is 5.17 Å². The molecule has 0 N–H and O–H groups in total. The van der Waals surface area contributed by atoms with Crippen LogP contribution in [0, 0.1) is 5.82 Å². The summed E-state index contributed by atoms with van der Waals surface area (Å²) in [6.45, 7) is 1.07. The van der Waals surface area contributed by atoms with E-state index < -0.39 is 0 Å². The summed E-state index contributed by atoms with van der Waals surface area (Å²) in [7, 11) is 0. The van der Waals surface area contributed by atoms with E-state index in [1.165, 1.54) is 17.8 Å². The fourth-order valence-corrected chi connectivity index (χ4v) is 4.87. The normalized spacial score (nSPS) is 15.5. The molecule has 0 bridgehead atoms. The summed E-state index contributed by atoms with van der Waals surface area (Å²) >= 11 is 1.38. The predicted octanol–water partition coefficient (Wildman–Crippen LogP) is 7.08. The van der Waals surface area contributed by atoms with Crippen LogP contribution in [0.1, 0.15) is 22.3 Å². The van der Waals surface area contributed by atoms with Crippen LogP contribution in [-0.2, 0) is 24.5 Å². The lowest BCUT2D eigenvalue weighted by Gasteiger charge is -2.15. The highest BCUT2D eigenvalue weighted by molar-refractivity contribution is 8.18. The van der Waals surface area contributed by atoms with Crippen molar-refractivity contribution in [3.8, 4) is 5.75 Å². The predicted molar refractivity (Wildman–Crippen MR) is 147 cm³/mol. The summed E-state index contributed by atoms with van der Waals surface area (Å²) in [4.78, 5) is 20.6. The van der Waals surface area contributed by atoms with E-state index in [2.05, 4.69) is 0 Å². The molecular weight excluding hydrogens is 483 g/mol. The molecule has 184 valence electrons. The van der Waals surface area contributed by atoms with Crippen molar-refractivity contribution in [3.05, 3.63) is 142 Å². The standard InChI is InChI=1S/C31H25FN2O2S/c32-28-17-8-7-15-26(28)22-36-27-16-9-14-25(18-27)19-29-30(35)34(21-24-12-5-2-6-13-24)31(37-29)33-20-23-10-3-1-4-11-23/h1-19H,20-22H2/b29-19-,33-31?. The van der Waals surface area contributed by atoms with Crippen LogP contribution < -0.4 is 4.74 Å². The number of hydrogen-bond donors (Lipinski definition) is 0. The molecule has 1 aliphatic rings. The maximum atomic E-state index is 13.9. The minimum Gasteiger partial charge on any atom is -0.489 e. The van der Waals surface area contributed by atoms with Crippen molar-refractivity contribution in [2.75, 3.05) is 0 Å². The molecule has 1 aliphatic heterocycles. The zero-order valence-electron chi connectivity index (χ0n) is 20.1. The quantitative estimate of drug-likeness (QED) is 0.239. The number of aliphatic imine (C=N–C) groups is 1. The van der Waals surface area contributed by atoms with Crippen LogP contribution in [0.4, 0.5) is 4.39 Å². The molecular formula is C31H25FN2O2S. The van der Waals surface area contributed by atoms with Crippen molar-refractivity contribution in [3.63, 3.8) is 0 Å². The highest BCUT2D eigenvalue weighted by Gasteiger charge is 2.33. The second-order valence-electron chi connectivity index (χ2n) is 8.52. The number of ether oxygens (including phenoxy) is 1. The molecule has 0 radical (unpaired) electrons. The molecule has 37 heavy (non-hydrogen) atoms. The Morgan fingerprint density at radius 2 is 1.54 bits per heavy atom. The third-order valence-electron chi connectivity index (χ3n) is 5.82. The minimum absolute atomic E-state index is 0.0849. The molecule has 5 rings (SSSR count). The van der Waals surface area contributed by atoms with Gasteiger partial charge in [0.1, 0.15) is 18.2 Å². The fraction of sp³-hybridized carbons (Fsp3) is 0.0968. The zero-order valence-corrected chi connectivity index (χ0v) is 20.9. The number of amidine groups is 1. The Hall–Kier alpha value is -4.16. The molecule has 0 aromatic heterocycles. The maximum Gasteiger partial charge on any atom is 0.267 e. The Bertz CT molecular complexity index is 1440. The van der Waals surface area contributed by atoms with Crippen LogP contribution in [0.2, 0.25) is 0 Å². The van der Waals surface area contributed by atoms with Crippen LogP contribution in [0.25, 0.3) is 6.08 Å². The minimum atomic E-state index is -0.297. The third kappa shape index (κ3) is 6.35. The van der Waals surface area contributed by atoms with E-state index in [9.17, 15) is 9.18 Å². The Morgan fingerprint density at radius 1 is 0.838 bits per heavy atom. The maximum absolute atomic E-state index is 13.9. The highest BCUT2D eigenvalue weighted by atomic mass is 32.2. The average Bonchev–Trinajstić information content (AvgIpc) is 3.22. The number of benzene rings is 4. The summed E-state index contributed by atoms with van der Waals surface area (Å²) in [5, 5.41) is 0.677. The third-order valence-corrected chi connectivity index (χ3v) is 6.86. The molecule has 6 heteroatoms. The van der Waals surface area contributed by atoms with Crippen molar-refractivity contribution in [1.82, 2.24) is 4.90 Å².